The minimum atomic E-state index is -0.454. The molecule has 0 N–H and O–H groups in total. The Balaban J connectivity index is 1.18. The van der Waals surface area contributed by atoms with Crippen LogP contribution in [0.15, 0.2) is 199 Å². The number of fused-ring (bicyclic) bond motifs is 17. The van der Waals surface area contributed by atoms with Crippen molar-refractivity contribution in [1.29, 1.82) is 0 Å². The Hall–Kier alpha value is -7.22. The summed E-state index contributed by atoms with van der Waals surface area (Å²) in [4.78, 5) is 0. The van der Waals surface area contributed by atoms with E-state index in [9.17, 15) is 0 Å². The number of hydrogen-bond acceptors (Lipinski definition) is 1. The van der Waals surface area contributed by atoms with Crippen LogP contribution in [-0.4, -0.2) is 0 Å². The summed E-state index contributed by atoms with van der Waals surface area (Å²) in [5, 5.41) is 9.63. The van der Waals surface area contributed by atoms with Crippen molar-refractivity contribution in [3.63, 3.8) is 0 Å². The van der Waals surface area contributed by atoms with Crippen LogP contribution in [0.25, 0.3) is 98.8 Å². The fourth-order valence-electron chi connectivity index (χ4n) is 10.7. The minimum absolute atomic E-state index is 0.454. The molecule has 1 heterocycles. The van der Waals surface area contributed by atoms with Crippen LogP contribution in [0.4, 0.5) is 0 Å². The average molecular weight is 709 g/mol. The van der Waals surface area contributed by atoms with Crippen LogP contribution in [0.1, 0.15) is 22.3 Å². The largest absolute Gasteiger partial charge is 0.455 e. The van der Waals surface area contributed by atoms with Crippen LogP contribution in [0.2, 0.25) is 0 Å². The Morgan fingerprint density at radius 2 is 0.893 bits per heavy atom. The second kappa shape index (κ2) is 10.9. The topological polar surface area (TPSA) is 13.1 Å². The fraction of sp³-hybridized carbons (Fsp3) is 0.0182. The summed E-state index contributed by atoms with van der Waals surface area (Å²) in [7, 11) is 0. The molecule has 0 atom stereocenters. The van der Waals surface area contributed by atoms with Gasteiger partial charge >= 0.3 is 0 Å². The van der Waals surface area contributed by atoms with Gasteiger partial charge in [-0.25, -0.2) is 0 Å². The molecule has 1 nitrogen and oxygen atoms in total. The first kappa shape index (κ1) is 30.1. The fourth-order valence-corrected chi connectivity index (χ4v) is 10.7. The molecule has 0 aliphatic heterocycles. The van der Waals surface area contributed by atoms with E-state index in [1.165, 1.54) is 93.7 Å². The van der Waals surface area contributed by atoms with Gasteiger partial charge in [0.1, 0.15) is 11.2 Å². The average Bonchev–Trinajstić information content (AvgIpc) is 3.90. The maximum absolute atomic E-state index is 6.66. The zero-order chi connectivity index (χ0) is 36.5. The molecule has 0 fully saturated rings. The summed E-state index contributed by atoms with van der Waals surface area (Å²) in [6.07, 6.45) is 0. The van der Waals surface area contributed by atoms with Gasteiger partial charge in [0.25, 0.3) is 0 Å². The lowest BCUT2D eigenvalue weighted by Gasteiger charge is -2.31. The van der Waals surface area contributed by atoms with E-state index in [0.717, 1.165) is 27.3 Å². The summed E-state index contributed by atoms with van der Waals surface area (Å²) >= 11 is 0. The van der Waals surface area contributed by atoms with Crippen molar-refractivity contribution >= 4 is 54.3 Å². The normalized spacial score (nSPS) is 13.5. The van der Waals surface area contributed by atoms with Crippen molar-refractivity contribution in [2.45, 2.75) is 5.41 Å². The molecule has 0 saturated heterocycles. The second-order valence-electron chi connectivity index (χ2n) is 15.5. The molecule has 1 heteroatoms. The Morgan fingerprint density at radius 3 is 1.68 bits per heavy atom. The first-order valence-corrected chi connectivity index (χ1v) is 19.5. The lowest BCUT2D eigenvalue weighted by molar-refractivity contribution is 0.673. The SMILES string of the molecule is c1ccc2c(c1)-c1ccccc1C21c2ccccc2-c2c1cc1cc(-c3cccc4oc5c6ccccc6ccc5c34)ccc1c2-c1cccc2ccccc12. The number of rotatable bonds is 2. The molecular weight excluding hydrogens is 677 g/mol. The van der Waals surface area contributed by atoms with Crippen LogP contribution >= 0.6 is 0 Å². The molecule has 1 aromatic heterocycles. The zero-order valence-corrected chi connectivity index (χ0v) is 30.4. The Kier molecular flexibility index (Phi) is 5.89. The van der Waals surface area contributed by atoms with Gasteiger partial charge < -0.3 is 4.42 Å². The Bertz CT molecular complexity index is 3440. The van der Waals surface area contributed by atoms with Crippen molar-refractivity contribution < 1.29 is 4.42 Å². The van der Waals surface area contributed by atoms with Gasteiger partial charge in [0, 0.05) is 16.2 Å². The van der Waals surface area contributed by atoms with E-state index in [1.54, 1.807) is 0 Å². The molecule has 0 saturated carbocycles. The van der Waals surface area contributed by atoms with Crippen molar-refractivity contribution in [3.05, 3.63) is 216 Å². The van der Waals surface area contributed by atoms with Gasteiger partial charge in [-0.05, 0) is 118 Å². The van der Waals surface area contributed by atoms with Gasteiger partial charge in [0.2, 0.25) is 0 Å². The summed E-state index contributed by atoms with van der Waals surface area (Å²) in [6.45, 7) is 0. The van der Waals surface area contributed by atoms with Crippen molar-refractivity contribution in [3.8, 4) is 44.5 Å². The first-order valence-electron chi connectivity index (χ1n) is 19.5. The maximum Gasteiger partial charge on any atom is 0.143 e. The lowest BCUT2D eigenvalue weighted by atomic mass is 9.70. The predicted molar refractivity (Wildman–Crippen MR) is 233 cm³/mol. The molecular formula is C55H32O. The van der Waals surface area contributed by atoms with E-state index in [4.69, 9.17) is 4.42 Å². The monoisotopic (exact) mass is 708 g/mol. The molecule has 2 aliphatic carbocycles. The third kappa shape index (κ3) is 3.75. The number of benzene rings is 10. The van der Waals surface area contributed by atoms with Gasteiger partial charge in [-0.3, -0.25) is 0 Å². The quantitative estimate of drug-likeness (QED) is 0.174. The Morgan fingerprint density at radius 1 is 0.321 bits per heavy atom. The van der Waals surface area contributed by atoms with Gasteiger partial charge in [0.15, 0.2) is 0 Å². The summed E-state index contributed by atoms with van der Waals surface area (Å²) in [6, 6.07) is 72.1. The summed E-state index contributed by atoms with van der Waals surface area (Å²) < 4.78 is 6.66. The van der Waals surface area contributed by atoms with Gasteiger partial charge in [0.05, 0.1) is 5.41 Å². The first-order chi connectivity index (χ1) is 27.8. The molecule has 258 valence electrons. The van der Waals surface area contributed by atoms with E-state index in [2.05, 4.69) is 194 Å². The lowest BCUT2D eigenvalue weighted by Crippen LogP contribution is -2.25. The van der Waals surface area contributed by atoms with Crippen LogP contribution in [0.5, 0.6) is 0 Å². The highest BCUT2D eigenvalue weighted by molar-refractivity contribution is 6.20. The highest BCUT2D eigenvalue weighted by atomic mass is 16.3. The molecule has 1 spiro atoms. The zero-order valence-electron chi connectivity index (χ0n) is 30.4. The molecule has 0 amide bonds. The molecule has 2 aliphatic rings. The third-order valence-corrected chi connectivity index (χ3v) is 12.9. The van der Waals surface area contributed by atoms with Gasteiger partial charge in [-0.2, -0.15) is 0 Å². The summed E-state index contributed by atoms with van der Waals surface area (Å²) in [5.74, 6) is 0. The second-order valence-corrected chi connectivity index (χ2v) is 15.5. The number of hydrogen-bond donors (Lipinski definition) is 0. The van der Waals surface area contributed by atoms with Crippen molar-refractivity contribution in [2.75, 3.05) is 0 Å². The molecule has 0 radical (unpaired) electrons. The van der Waals surface area contributed by atoms with E-state index in [0.29, 0.717) is 0 Å². The number of furan rings is 1. The minimum Gasteiger partial charge on any atom is -0.455 e. The Labute approximate surface area is 323 Å². The molecule has 0 unspecified atom stereocenters. The molecule has 13 rings (SSSR count). The van der Waals surface area contributed by atoms with Crippen LogP contribution in [-0.2, 0) is 5.41 Å². The standard InChI is InChI=1S/C55H32O/c1-3-16-37-33(13-1)15-11-22-43(37)52-39-29-28-35(38-21-12-26-50-51(38)45-30-27-34-14-2-4-17-40(34)54(45)56-50)31-36(39)32-49-53(52)44-20-7-10-25-48(44)55(49)46-23-8-5-18-41(46)42-19-6-9-24-47(42)55/h1-32H. The highest BCUT2D eigenvalue weighted by Crippen LogP contribution is 2.65. The molecule has 11 aromatic rings. The maximum atomic E-state index is 6.66. The van der Waals surface area contributed by atoms with Crippen LogP contribution in [0.3, 0.4) is 0 Å². The smallest absolute Gasteiger partial charge is 0.143 e. The molecule has 10 aromatic carbocycles. The van der Waals surface area contributed by atoms with E-state index >= 15 is 0 Å². The van der Waals surface area contributed by atoms with E-state index in [1.807, 2.05) is 0 Å². The van der Waals surface area contributed by atoms with Gasteiger partial charge in [-0.15, -0.1) is 0 Å². The van der Waals surface area contributed by atoms with Gasteiger partial charge in [-0.1, -0.05) is 170 Å². The van der Waals surface area contributed by atoms with Crippen molar-refractivity contribution in [2.24, 2.45) is 0 Å². The van der Waals surface area contributed by atoms with E-state index < -0.39 is 5.41 Å². The molecule has 56 heavy (non-hydrogen) atoms. The third-order valence-electron chi connectivity index (χ3n) is 12.9. The molecule has 0 bridgehead atoms. The van der Waals surface area contributed by atoms with E-state index in [-0.39, 0.29) is 0 Å². The van der Waals surface area contributed by atoms with Crippen LogP contribution in [0, 0.1) is 0 Å². The predicted octanol–water partition coefficient (Wildman–Crippen LogP) is 14.7. The van der Waals surface area contributed by atoms with Crippen LogP contribution < -0.4 is 0 Å². The summed E-state index contributed by atoms with van der Waals surface area (Å²) in [5.41, 5.74) is 17.0. The highest BCUT2D eigenvalue weighted by Gasteiger charge is 2.52. The van der Waals surface area contributed by atoms with Crippen molar-refractivity contribution in [1.82, 2.24) is 0 Å².